The van der Waals surface area contributed by atoms with Crippen molar-refractivity contribution in [2.45, 2.75) is 198 Å². The van der Waals surface area contributed by atoms with Gasteiger partial charge in [-0.1, -0.05) is 88.4 Å². The molecule has 6 heterocycles. The molecule has 4 saturated heterocycles. The van der Waals surface area contributed by atoms with E-state index in [0.29, 0.717) is 18.4 Å². The second kappa shape index (κ2) is 22.8. The molecule has 1 amide bonds. The number of fused-ring (bicyclic) bond motifs is 4. The second-order valence-electron chi connectivity index (χ2n) is 19.9. The molecule has 364 valence electrons. The summed E-state index contributed by atoms with van der Waals surface area (Å²) in [5.41, 5.74) is 8.22. The first-order valence-electron chi connectivity index (χ1n) is 26.2. The van der Waals surface area contributed by atoms with E-state index in [1.54, 1.807) is 0 Å². The Balaban J connectivity index is 0.000000232. The lowest BCUT2D eigenvalue weighted by Crippen LogP contribution is -2.45. The number of nitrogens with zero attached hydrogens (tertiary/aromatic N) is 8. The Labute approximate surface area is 412 Å². The van der Waals surface area contributed by atoms with Crippen molar-refractivity contribution in [2.75, 3.05) is 13.0 Å². The summed E-state index contributed by atoms with van der Waals surface area (Å²) in [6.45, 7) is 9.54. The standard InChI is InChI=1S/C29H41F2N5O.C22H33N5.2H2S/c1-19(2)27-34-33-20(3)36(27)25-17-23-9-10-24(18-25)35(23)16-13-26(21-7-5-4-6-8-21)32-28(37)22-11-14-29(30,31)15-12-22;1-15(2)22-25-24-16(3)27(22)20-13-18-9-10-19(14-20)26(18)12-11-21(23)17-7-5-4-6-8-17;;/h4-8,19,22-26H,9-18H2,1-3H3,(H,32,37);4-8,15,18-21H,9-14,23H2,1-3H3;2*1H2/t23?,24?,25?,26-;18?,19?,20?,21-;;/m00../s1/i16D2;12D2;;. The van der Waals surface area contributed by atoms with Crippen molar-refractivity contribution >= 4 is 32.9 Å². The molecule has 15 heteroatoms. The van der Waals surface area contributed by atoms with Crippen LogP contribution in [0.3, 0.4) is 0 Å². The third kappa shape index (κ3) is 11.9. The van der Waals surface area contributed by atoms with E-state index in [1.165, 1.54) is 0 Å². The molecule has 11 nitrogen and oxygen atoms in total. The average Bonchev–Trinajstić information content (AvgIpc) is 4.04. The molecule has 1 saturated carbocycles. The van der Waals surface area contributed by atoms with Crippen LogP contribution in [0.1, 0.15) is 193 Å². The van der Waals surface area contributed by atoms with Gasteiger partial charge < -0.3 is 20.2 Å². The fourth-order valence-corrected chi connectivity index (χ4v) is 11.4. The van der Waals surface area contributed by atoms with Gasteiger partial charge in [-0.15, -0.1) is 20.4 Å². The number of halogens is 2. The molecule has 2 aromatic heterocycles. The molecule has 0 radical (unpaired) electrons. The Hall–Kier alpha value is -3.37. The van der Waals surface area contributed by atoms with Crippen molar-refractivity contribution in [1.29, 1.82) is 0 Å². The number of aryl methyl sites for hydroxylation is 2. The summed E-state index contributed by atoms with van der Waals surface area (Å²) in [5.74, 6) is 1.11. The number of rotatable bonds is 14. The predicted octanol–water partition coefficient (Wildman–Crippen LogP) is 10.1. The fraction of sp³-hybridized carbons (Fsp3) is 0.667. The topological polar surface area (TPSA) is 123 Å². The van der Waals surface area contributed by atoms with Crippen molar-refractivity contribution in [1.82, 2.24) is 44.6 Å². The van der Waals surface area contributed by atoms with Crippen LogP contribution in [0.5, 0.6) is 0 Å². The van der Waals surface area contributed by atoms with Gasteiger partial charge in [-0.3, -0.25) is 14.6 Å². The predicted molar refractivity (Wildman–Crippen MR) is 269 cm³/mol. The minimum atomic E-state index is -2.69. The summed E-state index contributed by atoms with van der Waals surface area (Å²) < 4.78 is 68.2. The first kappa shape index (κ1) is 46.4. The van der Waals surface area contributed by atoms with Crippen LogP contribution in [0.4, 0.5) is 8.78 Å². The van der Waals surface area contributed by atoms with E-state index in [4.69, 9.17) is 8.48 Å². The largest absolute Gasteiger partial charge is 0.349 e. The van der Waals surface area contributed by atoms with Gasteiger partial charge in [0.15, 0.2) is 0 Å². The van der Waals surface area contributed by atoms with Crippen LogP contribution in [-0.2, 0) is 4.79 Å². The molecular weight excluding hydrogens is 871 g/mol. The number of carbonyl (C=O) groups is 1. The van der Waals surface area contributed by atoms with Gasteiger partial charge in [0.1, 0.15) is 23.3 Å². The lowest BCUT2D eigenvalue weighted by Gasteiger charge is -2.40. The Morgan fingerprint density at radius 1 is 0.667 bits per heavy atom. The smallest absolute Gasteiger partial charge is 0.248 e. The molecule has 4 aliphatic heterocycles. The van der Waals surface area contributed by atoms with Gasteiger partial charge in [0.2, 0.25) is 11.8 Å². The van der Waals surface area contributed by atoms with Crippen LogP contribution in [0.25, 0.3) is 0 Å². The van der Waals surface area contributed by atoms with Crippen LogP contribution >= 0.6 is 27.0 Å². The average molecular weight is 953 g/mol. The third-order valence-corrected chi connectivity index (χ3v) is 14.8. The molecule has 2 aromatic carbocycles. The first-order chi connectivity index (χ1) is 32.2. The molecule has 4 bridgehead atoms. The first-order valence-corrected chi connectivity index (χ1v) is 24.2. The van der Waals surface area contributed by atoms with E-state index in [2.05, 4.69) is 72.3 Å². The number of amides is 1. The highest BCUT2D eigenvalue weighted by Crippen LogP contribution is 2.44. The number of benzene rings is 2. The number of nitrogens with one attached hydrogen (secondary N) is 1. The van der Waals surface area contributed by atoms with Gasteiger partial charge in [0.05, 0.1) is 6.04 Å². The van der Waals surface area contributed by atoms with Gasteiger partial charge >= 0.3 is 0 Å². The lowest BCUT2D eigenvalue weighted by atomic mass is 9.86. The number of carbonyl (C=O) groups excluding carboxylic acids is 1. The van der Waals surface area contributed by atoms with Crippen LogP contribution < -0.4 is 11.1 Å². The van der Waals surface area contributed by atoms with Crippen molar-refractivity contribution in [3.05, 3.63) is 95.1 Å². The van der Waals surface area contributed by atoms with Crippen LogP contribution in [-0.4, -0.2) is 88.3 Å². The zero-order valence-electron chi connectivity index (χ0n) is 43.8. The SMILES string of the molecule is S.S.[2H]C([2H])(C[C@H](N)c1ccccc1)N1C2CCC1CC(n1c(C)nnc1C(C)C)C2.[2H]C([2H])(C[C@H](NC(=O)C1CCC(F)(F)CC1)c1ccccc1)N1C2CCC1CC(n1c(C)nnc1C(C)C)C2. The number of hydrogen-bond acceptors (Lipinski definition) is 8. The summed E-state index contributed by atoms with van der Waals surface area (Å²) >= 11 is 0. The normalized spacial score (nSPS) is 27.3. The maximum absolute atomic E-state index is 13.7. The maximum atomic E-state index is 13.7. The molecule has 5 fully saturated rings. The van der Waals surface area contributed by atoms with Crippen molar-refractivity contribution in [3.8, 4) is 0 Å². The summed E-state index contributed by atoms with van der Waals surface area (Å²) in [5, 5.41) is 20.6. The minimum absolute atomic E-state index is 0. The summed E-state index contributed by atoms with van der Waals surface area (Å²) in [4.78, 5) is 17.4. The molecule has 4 unspecified atom stereocenters. The molecule has 4 aromatic rings. The molecule has 66 heavy (non-hydrogen) atoms. The van der Waals surface area contributed by atoms with Crippen molar-refractivity contribution in [3.63, 3.8) is 0 Å². The number of nitrogens with two attached hydrogens (primary N) is 1. The van der Waals surface area contributed by atoms with Gasteiger partial charge in [-0.25, -0.2) is 8.78 Å². The van der Waals surface area contributed by atoms with E-state index in [0.717, 1.165) is 85.8 Å². The highest BCUT2D eigenvalue weighted by atomic mass is 32.1. The number of aromatic nitrogens is 6. The highest BCUT2D eigenvalue weighted by Gasteiger charge is 2.44. The molecule has 6 atom stereocenters. The fourth-order valence-electron chi connectivity index (χ4n) is 11.4. The van der Waals surface area contributed by atoms with Crippen LogP contribution in [0.2, 0.25) is 0 Å². The Morgan fingerprint density at radius 3 is 1.50 bits per heavy atom. The van der Waals surface area contributed by atoms with Crippen LogP contribution in [0.15, 0.2) is 60.7 Å². The lowest BCUT2D eigenvalue weighted by molar-refractivity contribution is -0.130. The minimum Gasteiger partial charge on any atom is -0.349 e. The summed E-state index contributed by atoms with van der Waals surface area (Å²) in [6.07, 6.45) is 7.77. The number of hydrogen-bond donors (Lipinski definition) is 2. The zero-order valence-corrected chi connectivity index (χ0v) is 41.8. The molecule has 0 spiro atoms. The molecule has 5 aliphatic rings. The van der Waals surface area contributed by atoms with E-state index >= 15 is 0 Å². The van der Waals surface area contributed by atoms with Crippen LogP contribution in [0, 0.1) is 19.8 Å². The second-order valence-corrected chi connectivity index (χ2v) is 19.9. The third-order valence-electron chi connectivity index (χ3n) is 14.8. The van der Waals surface area contributed by atoms with Crippen molar-refractivity contribution in [2.24, 2.45) is 11.7 Å². The Bertz CT molecular complexity index is 2290. The number of alkyl halides is 2. The van der Waals surface area contributed by atoms with Gasteiger partial charge in [-0.05, 0) is 102 Å². The zero-order chi connectivity index (χ0) is 48.7. The van der Waals surface area contributed by atoms with Crippen molar-refractivity contribution < 1.29 is 19.1 Å². The highest BCUT2D eigenvalue weighted by molar-refractivity contribution is 7.59. The van der Waals surface area contributed by atoms with Gasteiger partial charge in [0.25, 0.3) is 0 Å². The van der Waals surface area contributed by atoms with E-state index in [-0.39, 0.29) is 107 Å². The summed E-state index contributed by atoms with van der Waals surface area (Å²) in [7, 11) is 0. The monoisotopic (exact) mass is 953 g/mol. The quantitative estimate of drug-likeness (QED) is 0.128. The Kier molecular flexibility index (Phi) is 16.0. The van der Waals surface area contributed by atoms with E-state index in [1.807, 2.05) is 74.5 Å². The molecule has 9 rings (SSSR count). The Morgan fingerprint density at radius 2 is 1.08 bits per heavy atom. The molecule has 1 aliphatic carbocycles. The van der Waals surface area contributed by atoms with Gasteiger partial charge in [0, 0.05) is 91.4 Å². The van der Waals surface area contributed by atoms with E-state index < -0.39 is 30.9 Å². The molecular formula is C51H78F2N10OS2. The molecule has 3 N–H and O–H groups in total. The summed E-state index contributed by atoms with van der Waals surface area (Å²) in [6, 6.07) is 19.8. The number of piperidine rings is 2. The maximum Gasteiger partial charge on any atom is 0.248 e. The van der Waals surface area contributed by atoms with Gasteiger partial charge in [-0.2, -0.15) is 27.0 Å². The van der Waals surface area contributed by atoms with E-state index in [9.17, 15) is 16.3 Å².